The van der Waals surface area contributed by atoms with Gasteiger partial charge in [0.05, 0.1) is 6.54 Å². The van der Waals surface area contributed by atoms with E-state index in [1.165, 1.54) is 16.8 Å². The summed E-state index contributed by atoms with van der Waals surface area (Å²) in [5.74, 6) is 1.08. The topological polar surface area (TPSA) is 44.6 Å². The number of amides is 1. The van der Waals surface area contributed by atoms with Crippen LogP contribution in [0.2, 0.25) is 0 Å². The smallest absolute Gasteiger partial charge is 0.274 e. The Morgan fingerprint density at radius 3 is 2.59 bits per heavy atom. The largest absolute Gasteiger partial charge is 0.368 e. The van der Waals surface area contributed by atoms with Crippen LogP contribution in [0.1, 0.15) is 34.4 Å². The number of nitrogens with zero attached hydrogens (tertiary/aromatic N) is 5. The van der Waals surface area contributed by atoms with Crippen molar-refractivity contribution >= 4 is 11.6 Å². The highest BCUT2D eigenvalue weighted by molar-refractivity contribution is 5.92. The van der Waals surface area contributed by atoms with Crippen molar-refractivity contribution < 1.29 is 4.79 Å². The van der Waals surface area contributed by atoms with Crippen LogP contribution in [0.25, 0.3) is 0 Å². The molecule has 0 radical (unpaired) electrons. The SMILES string of the molecule is CCN1CCn2cc(C(=O)N3CCN(c4cccc(C)c4C)CC3)nc2C1. The highest BCUT2D eigenvalue weighted by Crippen LogP contribution is 2.24. The van der Waals surface area contributed by atoms with Crippen molar-refractivity contribution in [3.05, 3.63) is 47.0 Å². The van der Waals surface area contributed by atoms with Gasteiger partial charge < -0.3 is 14.4 Å². The van der Waals surface area contributed by atoms with Gasteiger partial charge in [-0.1, -0.05) is 19.1 Å². The molecule has 0 saturated carbocycles. The molecule has 2 aliphatic rings. The number of hydrogen-bond donors (Lipinski definition) is 0. The van der Waals surface area contributed by atoms with E-state index in [9.17, 15) is 4.79 Å². The van der Waals surface area contributed by atoms with Gasteiger partial charge in [0.1, 0.15) is 11.5 Å². The lowest BCUT2D eigenvalue weighted by molar-refractivity contribution is 0.0741. The summed E-state index contributed by atoms with van der Waals surface area (Å²) in [7, 11) is 0. The molecule has 1 amide bonds. The number of hydrogen-bond acceptors (Lipinski definition) is 4. The molecule has 1 aromatic heterocycles. The predicted octanol–water partition coefficient (Wildman–Crippen LogP) is 2.30. The summed E-state index contributed by atoms with van der Waals surface area (Å²) in [4.78, 5) is 24.3. The van der Waals surface area contributed by atoms with Gasteiger partial charge in [-0.2, -0.15) is 0 Å². The van der Waals surface area contributed by atoms with E-state index in [0.29, 0.717) is 5.69 Å². The number of rotatable bonds is 3. The van der Waals surface area contributed by atoms with Crippen molar-refractivity contribution in [2.45, 2.75) is 33.9 Å². The maximum absolute atomic E-state index is 13.0. The van der Waals surface area contributed by atoms with Crippen LogP contribution in [0, 0.1) is 13.8 Å². The minimum atomic E-state index is 0.0700. The van der Waals surface area contributed by atoms with Crippen molar-refractivity contribution in [1.82, 2.24) is 19.4 Å². The molecule has 1 fully saturated rings. The molecule has 0 bridgehead atoms. The second-order valence-electron chi connectivity index (χ2n) is 7.60. The summed E-state index contributed by atoms with van der Waals surface area (Å²) < 4.78 is 2.14. The van der Waals surface area contributed by atoms with Gasteiger partial charge in [0.2, 0.25) is 0 Å². The van der Waals surface area contributed by atoms with Gasteiger partial charge in [-0.25, -0.2) is 4.98 Å². The minimum absolute atomic E-state index is 0.0700. The Morgan fingerprint density at radius 2 is 1.85 bits per heavy atom. The van der Waals surface area contributed by atoms with Crippen LogP contribution in [-0.2, 0) is 13.1 Å². The standard InChI is InChI=1S/C21H29N5O/c1-4-23-8-9-26-14-18(22-20(26)15-23)21(27)25-12-10-24(11-13-25)19-7-5-6-16(2)17(19)3/h5-7,14H,4,8-13,15H2,1-3H3. The summed E-state index contributed by atoms with van der Waals surface area (Å²) in [6.45, 7) is 13.5. The molecular formula is C21H29N5O. The fourth-order valence-electron chi connectivity index (χ4n) is 4.07. The van der Waals surface area contributed by atoms with Crippen molar-refractivity contribution in [2.24, 2.45) is 0 Å². The van der Waals surface area contributed by atoms with Crippen molar-refractivity contribution in [3.63, 3.8) is 0 Å². The van der Waals surface area contributed by atoms with E-state index in [-0.39, 0.29) is 5.91 Å². The first kappa shape index (κ1) is 18.0. The Balaban J connectivity index is 1.42. The highest BCUT2D eigenvalue weighted by atomic mass is 16.2. The molecule has 1 saturated heterocycles. The van der Waals surface area contributed by atoms with E-state index < -0.39 is 0 Å². The molecule has 6 nitrogen and oxygen atoms in total. The maximum atomic E-state index is 13.0. The molecule has 2 aromatic rings. The van der Waals surface area contributed by atoms with Crippen LogP contribution < -0.4 is 4.90 Å². The van der Waals surface area contributed by atoms with Gasteiger partial charge >= 0.3 is 0 Å². The van der Waals surface area contributed by atoms with Crippen LogP contribution in [0.5, 0.6) is 0 Å². The number of fused-ring (bicyclic) bond motifs is 1. The third-order valence-electron chi connectivity index (χ3n) is 6.03. The summed E-state index contributed by atoms with van der Waals surface area (Å²) in [6, 6.07) is 6.45. The molecule has 0 unspecified atom stereocenters. The number of aryl methyl sites for hydroxylation is 1. The molecule has 2 aliphatic heterocycles. The first-order valence-corrected chi connectivity index (χ1v) is 9.95. The third kappa shape index (κ3) is 3.46. The van der Waals surface area contributed by atoms with Crippen LogP contribution in [-0.4, -0.2) is 64.5 Å². The lowest BCUT2D eigenvalue weighted by Gasteiger charge is -2.36. The van der Waals surface area contributed by atoms with Crippen LogP contribution in [0.3, 0.4) is 0 Å². The Labute approximate surface area is 161 Å². The Morgan fingerprint density at radius 1 is 1.07 bits per heavy atom. The Kier molecular flexibility index (Phi) is 4.91. The summed E-state index contributed by atoms with van der Waals surface area (Å²) >= 11 is 0. The van der Waals surface area contributed by atoms with Crippen LogP contribution >= 0.6 is 0 Å². The van der Waals surface area contributed by atoms with Crippen molar-refractivity contribution in [1.29, 1.82) is 0 Å². The first-order valence-electron chi connectivity index (χ1n) is 9.95. The Hall–Kier alpha value is -2.34. The van der Waals surface area contributed by atoms with Gasteiger partial charge in [0.15, 0.2) is 0 Å². The minimum Gasteiger partial charge on any atom is -0.368 e. The van der Waals surface area contributed by atoms with Gasteiger partial charge in [-0.05, 0) is 37.6 Å². The van der Waals surface area contributed by atoms with E-state index in [4.69, 9.17) is 0 Å². The van der Waals surface area contributed by atoms with Gasteiger partial charge in [-0.15, -0.1) is 0 Å². The van der Waals surface area contributed by atoms with Crippen LogP contribution in [0.4, 0.5) is 5.69 Å². The van der Waals surface area contributed by atoms with Gasteiger partial charge in [0.25, 0.3) is 5.91 Å². The summed E-state index contributed by atoms with van der Waals surface area (Å²) in [5.41, 5.74) is 4.54. The average Bonchev–Trinajstić information content (AvgIpc) is 3.13. The molecular weight excluding hydrogens is 338 g/mol. The fraction of sp³-hybridized carbons (Fsp3) is 0.524. The van der Waals surface area contributed by atoms with Crippen molar-refractivity contribution in [3.8, 4) is 0 Å². The summed E-state index contributed by atoms with van der Waals surface area (Å²) in [6.07, 6.45) is 1.95. The average molecular weight is 367 g/mol. The quantitative estimate of drug-likeness (QED) is 0.835. The number of carbonyl (C=O) groups is 1. The number of imidazole rings is 1. The molecule has 144 valence electrons. The molecule has 3 heterocycles. The Bertz CT molecular complexity index is 835. The second kappa shape index (κ2) is 7.35. The lowest BCUT2D eigenvalue weighted by atomic mass is 10.1. The number of carbonyl (C=O) groups excluding carboxylic acids is 1. The number of likely N-dealkylation sites (N-methyl/N-ethyl adjacent to an activating group) is 1. The number of aromatic nitrogens is 2. The normalized spacial score (nSPS) is 17.9. The van der Waals surface area contributed by atoms with E-state index >= 15 is 0 Å². The van der Waals surface area contributed by atoms with E-state index in [0.717, 1.165) is 58.2 Å². The molecule has 27 heavy (non-hydrogen) atoms. The molecule has 0 atom stereocenters. The monoisotopic (exact) mass is 367 g/mol. The molecule has 4 rings (SSSR count). The molecule has 6 heteroatoms. The zero-order chi connectivity index (χ0) is 19.0. The third-order valence-corrected chi connectivity index (χ3v) is 6.03. The molecule has 1 aromatic carbocycles. The van der Waals surface area contributed by atoms with Gasteiger partial charge in [0, 0.05) is 51.2 Å². The highest BCUT2D eigenvalue weighted by Gasteiger charge is 2.26. The lowest BCUT2D eigenvalue weighted by Crippen LogP contribution is -2.49. The van der Waals surface area contributed by atoms with E-state index in [1.54, 1.807) is 0 Å². The molecule has 0 aliphatic carbocycles. The predicted molar refractivity (Wildman–Crippen MR) is 107 cm³/mol. The maximum Gasteiger partial charge on any atom is 0.274 e. The van der Waals surface area contributed by atoms with Gasteiger partial charge in [-0.3, -0.25) is 9.69 Å². The second-order valence-corrected chi connectivity index (χ2v) is 7.60. The van der Waals surface area contributed by atoms with Crippen LogP contribution in [0.15, 0.2) is 24.4 Å². The number of piperazine rings is 1. The molecule has 0 spiro atoms. The zero-order valence-corrected chi connectivity index (χ0v) is 16.6. The number of benzene rings is 1. The van der Waals surface area contributed by atoms with E-state index in [1.807, 2.05) is 11.1 Å². The zero-order valence-electron chi connectivity index (χ0n) is 16.6. The van der Waals surface area contributed by atoms with E-state index in [2.05, 4.69) is 58.3 Å². The molecule has 0 N–H and O–H groups in total. The van der Waals surface area contributed by atoms with Crippen molar-refractivity contribution in [2.75, 3.05) is 44.2 Å². The first-order chi connectivity index (χ1) is 13.1. The number of anilines is 1. The summed E-state index contributed by atoms with van der Waals surface area (Å²) in [5, 5.41) is 0. The fourth-order valence-corrected chi connectivity index (χ4v) is 4.07.